The molecule has 7 heteroatoms. The fourth-order valence-electron chi connectivity index (χ4n) is 1.26. The monoisotopic (exact) mass is 252 g/mol. The van der Waals surface area contributed by atoms with E-state index in [0.717, 1.165) is 18.1 Å². The van der Waals surface area contributed by atoms with Crippen LogP contribution in [0.25, 0.3) is 0 Å². The number of hydrogen-bond acceptors (Lipinski definition) is 5. The molecule has 0 aromatic rings. The van der Waals surface area contributed by atoms with Crippen LogP contribution in [0.5, 0.6) is 0 Å². The van der Waals surface area contributed by atoms with Gasteiger partial charge in [-0.05, 0) is 6.92 Å². The average molecular weight is 252 g/mol. The second kappa shape index (κ2) is 5.72. The number of carbonyl (C=O) groups is 1. The van der Waals surface area contributed by atoms with Crippen LogP contribution in [0, 0.1) is 0 Å². The Balaban J connectivity index is 2.35. The second-order valence-electron chi connectivity index (χ2n) is 3.36. The molecular formula is C8H16N2O3S2. The molecule has 15 heavy (non-hydrogen) atoms. The number of thioether (sulfide) groups is 1. The van der Waals surface area contributed by atoms with Crippen LogP contribution >= 0.6 is 11.8 Å². The van der Waals surface area contributed by atoms with E-state index in [-0.39, 0.29) is 18.2 Å². The van der Waals surface area contributed by atoms with Gasteiger partial charge in [0.25, 0.3) is 0 Å². The number of carbonyl (C=O) groups excluding carboxylic acids is 1. The number of hydrogen-bond donors (Lipinski definition) is 2. The summed E-state index contributed by atoms with van der Waals surface area (Å²) in [4.78, 5) is 11.3. The summed E-state index contributed by atoms with van der Waals surface area (Å²) in [5.41, 5.74) is 0. The summed E-state index contributed by atoms with van der Waals surface area (Å²) in [6, 6.07) is 0.0933. The molecule has 1 atom stereocenters. The Hall–Kier alpha value is -0.270. The van der Waals surface area contributed by atoms with E-state index in [1.54, 1.807) is 11.8 Å². The van der Waals surface area contributed by atoms with Crippen LogP contribution in [-0.2, 0) is 14.8 Å². The van der Waals surface area contributed by atoms with Crippen molar-refractivity contribution in [1.82, 2.24) is 10.0 Å². The number of rotatable bonds is 4. The van der Waals surface area contributed by atoms with Gasteiger partial charge in [0.2, 0.25) is 15.9 Å². The van der Waals surface area contributed by atoms with E-state index in [2.05, 4.69) is 5.32 Å². The SMILES string of the molecule is CCS(=O)(=O)NC(=O)CC1CSCCN1. The van der Waals surface area contributed by atoms with Crippen molar-refractivity contribution in [2.24, 2.45) is 0 Å². The maximum Gasteiger partial charge on any atom is 0.235 e. The van der Waals surface area contributed by atoms with Gasteiger partial charge in [-0.2, -0.15) is 11.8 Å². The lowest BCUT2D eigenvalue weighted by atomic mass is 10.2. The standard InChI is InChI=1S/C8H16N2O3S2/c1-2-15(12,13)10-8(11)5-7-6-14-4-3-9-7/h7,9H,2-6H2,1H3,(H,10,11). The van der Waals surface area contributed by atoms with Gasteiger partial charge in [0, 0.05) is 30.5 Å². The summed E-state index contributed by atoms with van der Waals surface area (Å²) in [5, 5.41) is 3.18. The van der Waals surface area contributed by atoms with Gasteiger partial charge in [0.1, 0.15) is 0 Å². The van der Waals surface area contributed by atoms with Crippen LogP contribution in [0.4, 0.5) is 0 Å². The molecule has 88 valence electrons. The number of nitrogens with one attached hydrogen (secondary N) is 2. The first kappa shape index (κ1) is 12.8. The third-order valence-corrected chi connectivity index (χ3v) is 4.51. The lowest BCUT2D eigenvalue weighted by molar-refractivity contribution is -0.119. The van der Waals surface area contributed by atoms with Gasteiger partial charge in [0.15, 0.2) is 0 Å². The third-order valence-electron chi connectivity index (χ3n) is 2.08. The molecule has 0 aliphatic carbocycles. The Kier molecular flexibility index (Phi) is 4.88. The summed E-state index contributed by atoms with van der Waals surface area (Å²) in [5.74, 6) is 1.42. The highest BCUT2D eigenvalue weighted by molar-refractivity contribution is 7.99. The van der Waals surface area contributed by atoms with Crippen molar-refractivity contribution in [3.8, 4) is 0 Å². The van der Waals surface area contributed by atoms with E-state index < -0.39 is 15.9 Å². The Morgan fingerprint density at radius 1 is 1.60 bits per heavy atom. The predicted octanol–water partition coefficient (Wildman–Crippen LogP) is -0.453. The van der Waals surface area contributed by atoms with Crippen LogP contribution in [0.2, 0.25) is 0 Å². The van der Waals surface area contributed by atoms with E-state index >= 15 is 0 Å². The molecule has 0 bridgehead atoms. The van der Waals surface area contributed by atoms with Gasteiger partial charge in [0.05, 0.1) is 5.75 Å². The third kappa shape index (κ3) is 4.85. The fourth-order valence-corrected chi connectivity index (χ4v) is 2.79. The van der Waals surface area contributed by atoms with E-state index in [9.17, 15) is 13.2 Å². The molecule has 1 amide bonds. The molecule has 2 N–H and O–H groups in total. The summed E-state index contributed by atoms with van der Waals surface area (Å²) in [6.07, 6.45) is 0.228. The molecule has 0 spiro atoms. The average Bonchev–Trinajstić information content (AvgIpc) is 2.18. The molecule has 5 nitrogen and oxygen atoms in total. The minimum absolute atomic E-state index is 0.0639. The van der Waals surface area contributed by atoms with E-state index in [1.165, 1.54) is 6.92 Å². The van der Waals surface area contributed by atoms with E-state index in [0.29, 0.717) is 0 Å². The lowest BCUT2D eigenvalue weighted by Crippen LogP contribution is -2.42. The molecule has 0 aromatic heterocycles. The first-order chi connectivity index (χ1) is 7.03. The van der Waals surface area contributed by atoms with Crippen LogP contribution in [0.15, 0.2) is 0 Å². The number of sulfonamides is 1. The van der Waals surface area contributed by atoms with Gasteiger partial charge < -0.3 is 5.32 Å². The summed E-state index contributed by atoms with van der Waals surface area (Å²) in [7, 11) is -3.40. The van der Waals surface area contributed by atoms with Crippen LogP contribution in [0.3, 0.4) is 0 Å². The highest BCUT2D eigenvalue weighted by atomic mass is 32.2. The highest BCUT2D eigenvalue weighted by Crippen LogP contribution is 2.10. The van der Waals surface area contributed by atoms with Gasteiger partial charge in [-0.15, -0.1) is 0 Å². The van der Waals surface area contributed by atoms with Crippen molar-refractivity contribution in [3.63, 3.8) is 0 Å². The van der Waals surface area contributed by atoms with Gasteiger partial charge >= 0.3 is 0 Å². The number of amides is 1. The normalized spacial score (nSPS) is 22.3. The Morgan fingerprint density at radius 3 is 2.87 bits per heavy atom. The molecule has 1 aliphatic rings. The summed E-state index contributed by atoms with van der Waals surface area (Å²) in [6.45, 7) is 2.38. The first-order valence-electron chi connectivity index (χ1n) is 4.88. The molecule has 1 unspecified atom stereocenters. The zero-order valence-corrected chi connectivity index (χ0v) is 10.3. The summed E-state index contributed by atoms with van der Waals surface area (Å²) >= 11 is 1.78. The molecular weight excluding hydrogens is 236 g/mol. The fraction of sp³-hybridized carbons (Fsp3) is 0.875. The Bertz CT molecular complexity index is 310. The maximum atomic E-state index is 11.3. The van der Waals surface area contributed by atoms with Gasteiger partial charge in [-0.1, -0.05) is 0 Å². The maximum absolute atomic E-state index is 11.3. The Labute approximate surface area is 94.4 Å². The van der Waals surface area contributed by atoms with Crippen molar-refractivity contribution < 1.29 is 13.2 Å². The topological polar surface area (TPSA) is 75.3 Å². The molecule has 0 aromatic carbocycles. The van der Waals surface area contributed by atoms with E-state index in [4.69, 9.17) is 0 Å². The molecule has 1 rings (SSSR count). The summed E-state index contributed by atoms with van der Waals surface area (Å²) < 4.78 is 24.2. The van der Waals surface area contributed by atoms with Crippen LogP contribution < -0.4 is 10.0 Å². The molecule has 1 saturated heterocycles. The van der Waals surface area contributed by atoms with Crippen LogP contribution in [0.1, 0.15) is 13.3 Å². The lowest BCUT2D eigenvalue weighted by Gasteiger charge is -2.22. The largest absolute Gasteiger partial charge is 0.312 e. The molecule has 0 radical (unpaired) electrons. The van der Waals surface area contributed by atoms with Gasteiger partial charge in [-0.3, -0.25) is 9.52 Å². The highest BCUT2D eigenvalue weighted by Gasteiger charge is 2.19. The van der Waals surface area contributed by atoms with E-state index in [1.807, 2.05) is 4.72 Å². The molecule has 1 fully saturated rings. The minimum atomic E-state index is -3.40. The molecule has 1 heterocycles. The van der Waals surface area contributed by atoms with Gasteiger partial charge in [-0.25, -0.2) is 8.42 Å². The first-order valence-corrected chi connectivity index (χ1v) is 7.68. The smallest absolute Gasteiger partial charge is 0.235 e. The second-order valence-corrected chi connectivity index (χ2v) is 6.52. The minimum Gasteiger partial charge on any atom is -0.312 e. The zero-order valence-electron chi connectivity index (χ0n) is 8.65. The molecule has 1 aliphatic heterocycles. The molecule has 0 saturated carbocycles. The van der Waals surface area contributed by atoms with Crippen molar-refractivity contribution >= 4 is 27.7 Å². The van der Waals surface area contributed by atoms with Crippen molar-refractivity contribution in [1.29, 1.82) is 0 Å². The Morgan fingerprint density at radius 2 is 2.33 bits per heavy atom. The van der Waals surface area contributed by atoms with Crippen molar-refractivity contribution in [2.45, 2.75) is 19.4 Å². The zero-order chi connectivity index (χ0) is 11.3. The van der Waals surface area contributed by atoms with Crippen molar-refractivity contribution in [2.75, 3.05) is 23.8 Å². The predicted molar refractivity (Wildman–Crippen MR) is 61.3 cm³/mol. The van der Waals surface area contributed by atoms with Crippen molar-refractivity contribution in [3.05, 3.63) is 0 Å². The van der Waals surface area contributed by atoms with Crippen LogP contribution in [-0.4, -0.2) is 44.2 Å². The quantitative estimate of drug-likeness (QED) is 0.708.